The number of amides is 1. The topological polar surface area (TPSA) is 58.4 Å². The molecule has 1 amide bonds. The van der Waals surface area contributed by atoms with Crippen molar-refractivity contribution in [1.29, 1.82) is 0 Å². The van der Waals surface area contributed by atoms with Crippen LogP contribution in [0.2, 0.25) is 5.02 Å². The Bertz CT molecular complexity index is 435. The standard InChI is InChI=1S/C14H22ClN3O/c1-10(2)18(3)8-4-7-17-14(19)12-9-11(16)5-6-13(12)15/h5-6,9-10H,4,7-8,16H2,1-3H3,(H,17,19). The van der Waals surface area contributed by atoms with Crippen molar-refractivity contribution < 1.29 is 4.79 Å². The zero-order valence-electron chi connectivity index (χ0n) is 11.7. The molecular formula is C14H22ClN3O. The molecule has 0 heterocycles. The normalized spacial score (nSPS) is 11.1. The van der Waals surface area contributed by atoms with E-state index in [2.05, 4.69) is 31.1 Å². The molecule has 0 aliphatic heterocycles. The van der Waals surface area contributed by atoms with E-state index in [9.17, 15) is 4.79 Å². The summed E-state index contributed by atoms with van der Waals surface area (Å²) >= 11 is 5.97. The molecule has 0 radical (unpaired) electrons. The van der Waals surface area contributed by atoms with Gasteiger partial charge in [0, 0.05) is 18.3 Å². The second-order valence-electron chi connectivity index (χ2n) is 4.92. The van der Waals surface area contributed by atoms with Crippen molar-refractivity contribution in [1.82, 2.24) is 10.2 Å². The molecule has 1 aromatic carbocycles. The number of nitrogens with two attached hydrogens (primary N) is 1. The van der Waals surface area contributed by atoms with Gasteiger partial charge >= 0.3 is 0 Å². The highest BCUT2D eigenvalue weighted by Gasteiger charge is 2.10. The third-order valence-corrected chi connectivity index (χ3v) is 3.42. The number of nitrogen functional groups attached to an aromatic ring is 1. The van der Waals surface area contributed by atoms with Gasteiger partial charge in [0.05, 0.1) is 10.6 Å². The number of halogens is 1. The SMILES string of the molecule is CC(C)N(C)CCCNC(=O)c1cc(N)ccc1Cl. The summed E-state index contributed by atoms with van der Waals surface area (Å²) in [5.41, 5.74) is 6.61. The van der Waals surface area contributed by atoms with E-state index < -0.39 is 0 Å². The summed E-state index contributed by atoms with van der Waals surface area (Å²) in [6, 6.07) is 5.42. The van der Waals surface area contributed by atoms with Gasteiger partial charge in [-0.05, 0) is 52.1 Å². The minimum atomic E-state index is -0.176. The Morgan fingerprint density at radius 1 is 1.47 bits per heavy atom. The summed E-state index contributed by atoms with van der Waals surface area (Å²) in [5, 5.41) is 3.28. The molecule has 0 aliphatic rings. The monoisotopic (exact) mass is 283 g/mol. The average Bonchev–Trinajstić information content (AvgIpc) is 2.36. The third kappa shape index (κ3) is 5.09. The molecule has 4 nitrogen and oxygen atoms in total. The number of benzene rings is 1. The molecule has 1 aromatic rings. The number of nitrogens with zero attached hydrogens (tertiary/aromatic N) is 1. The van der Waals surface area contributed by atoms with E-state index >= 15 is 0 Å². The van der Waals surface area contributed by atoms with Gasteiger partial charge in [0.1, 0.15) is 0 Å². The molecule has 106 valence electrons. The summed E-state index contributed by atoms with van der Waals surface area (Å²) in [6.07, 6.45) is 0.903. The fourth-order valence-electron chi connectivity index (χ4n) is 1.60. The summed E-state index contributed by atoms with van der Waals surface area (Å²) in [5.74, 6) is -0.176. The zero-order chi connectivity index (χ0) is 14.4. The smallest absolute Gasteiger partial charge is 0.252 e. The number of carbonyl (C=O) groups excluding carboxylic acids is 1. The minimum absolute atomic E-state index is 0.176. The largest absolute Gasteiger partial charge is 0.399 e. The third-order valence-electron chi connectivity index (χ3n) is 3.09. The average molecular weight is 284 g/mol. The van der Waals surface area contributed by atoms with Gasteiger partial charge in [-0.1, -0.05) is 11.6 Å². The Labute approximate surface area is 119 Å². The summed E-state index contributed by atoms with van der Waals surface area (Å²) < 4.78 is 0. The van der Waals surface area contributed by atoms with E-state index in [-0.39, 0.29) is 5.91 Å². The number of rotatable bonds is 6. The summed E-state index contributed by atoms with van der Waals surface area (Å²) in [7, 11) is 2.07. The maximum atomic E-state index is 11.9. The van der Waals surface area contributed by atoms with Gasteiger partial charge in [0.15, 0.2) is 0 Å². The van der Waals surface area contributed by atoms with Crippen LogP contribution in [0.1, 0.15) is 30.6 Å². The second kappa shape index (κ2) is 7.36. The van der Waals surface area contributed by atoms with E-state index in [0.717, 1.165) is 13.0 Å². The van der Waals surface area contributed by atoms with Crippen molar-refractivity contribution in [2.24, 2.45) is 0 Å². The first-order valence-electron chi connectivity index (χ1n) is 6.45. The van der Waals surface area contributed by atoms with Crippen molar-refractivity contribution in [2.45, 2.75) is 26.3 Å². The Hall–Kier alpha value is -1.26. The van der Waals surface area contributed by atoms with Crippen LogP contribution >= 0.6 is 11.6 Å². The first-order valence-corrected chi connectivity index (χ1v) is 6.83. The Morgan fingerprint density at radius 2 is 2.16 bits per heavy atom. The predicted molar refractivity (Wildman–Crippen MR) is 80.6 cm³/mol. The van der Waals surface area contributed by atoms with Crippen LogP contribution in [-0.2, 0) is 0 Å². The molecule has 0 saturated heterocycles. The number of hydrogen-bond donors (Lipinski definition) is 2. The van der Waals surface area contributed by atoms with Crippen molar-refractivity contribution in [3.63, 3.8) is 0 Å². The minimum Gasteiger partial charge on any atom is -0.399 e. The fraction of sp³-hybridized carbons (Fsp3) is 0.500. The van der Waals surface area contributed by atoms with Crippen LogP contribution in [-0.4, -0.2) is 37.0 Å². The molecule has 0 aromatic heterocycles. The highest BCUT2D eigenvalue weighted by atomic mass is 35.5. The van der Waals surface area contributed by atoms with Gasteiger partial charge < -0.3 is 16.0 Å². The van der Waals surface area contributed by atoms with Crippen molar-refractivity contribution >= 4 is 23.2 Å². The van der Waals surface area contributed by atoms with Crippen LogP contribution in [0.4, 0.5) is 5.69 Å². The molecular weight excluding hydrogens is 262 g/mol. The molecule has 0 spiro atoms. The second-order valence-corrected chi connectivity index (χ2v) is 5.33. The first kappa shape index (κ1) is 15.8. The van der Waals surface area contributed by atoms with E-state index in [1.54, 1.807) is 18.2 Å². The Balaban J connectivity index is 2.41. The van der Waals surface area contributed by atoms with Gasteiger partial charge in [0.2, 0.25) is 0 Å². The van der Waals surface area contributed by atoms with Crippen molar-refractivity contribution in [2.75, 3.05) is 25.9 Å². The molecule has 0 aliphatic carbocycles. The van der Waals surface area contributed by atoms with Crippen LogP contribution < -0.4 is 11.1 Å². The number of anilines is 1. The lowest BCUT2D eigenvalue weighted by molar-refractivity contribution is 0.0952. The highest BCUT2D eigenvalue weighted by Crippen LogP contribution is 2.18. The number of nitrogens with one attached hydrogen (secondary N) is 1. The van der Waals surface area contributed by atoms with Gasteiger partial charge in [-0.2, -0.15) is 0 Å². The molecule has 0 atom stereocenters. The zero-order valence-corrected chi connectivity index (χ0v) is 12.5. The van der Waals surface area contributed by atoms with E-state index in [1.807, 2.05) is 0 Å². The molecule has 0 saturated carbocycles. The lowest BCUT2D eigenvalue weighted by Gasteiger charge is -2.20. The predicted octanol–water partition coefficient (Wildman–Crippen LogP) is 2.38. The quantitative estimate of drug-likeness (QED) is 0.622. The molecule has 1 rings (SSSR count). The van der Waals surface area contributed by atoms with Crippen LogP contribution in [0.5, 0.6) is 0 Å². The fourth-order valence-corrected chi connectivity index (χ4v) is 1.80. The molecule has 3 N–H and O–H groups in total. The first-order chi connectivity index (χ1) is 8.91. The highest BCUT2D eigenvalue weighted by molar-refractivity contribution is 6.34. The lowest BCUT2D eigenvalue weighted by atomic mass is 10.2. The lowest BCUT2D eigenvalue weighted by Crippen LogP contribution is -2.31. The van der Waals surface area contributed by atoms with Crippen LogP contribution in [0.3, 0.4) is 0 Å². The van der Waals surface area contributed by atoms with E-state index in [0.29, 0.717) is 28.9 Å². The molecule has 5 heteroatoms. The molecule has 0 unspecified atom stereocenters. The van der Waals surface area contributed by atoms with E-state index in [1.165, 1.54) is 0 Å². The van der Waals surface area contributed by atoms with Crippen molar-refractivity contribution in [3.05, 3.63) is 28.8 Å². The Morgan fingerprint density at radius 3 is 2.79 bits per heavy atom. The number of hydrogen-bond acceptors (Lipinski definition) is 3. The van der Waals surface area contributed by atoms with Crippen molar-refractivity contribution in [3.8, 4) is 0 Å². The van der Waals surface area contributed by atoms with Gasteiger partial charge in [-0.25, -0.2) is 0 Å². The maximum Gasteiger partial charge on any atom is 0.252 e. The summed E-state index contributed by atoms with van der Waals surface area (Å²) in [6.45, 7) is 5.86. The number of carbonyl (C=O) groups is 1. The van der Waals surface area contributed by atoms with E-state index in [4.69, 9.17) is 17.3 Å². The molecule has 0 fully saturated rings. The maximum absolute atomic E-state index is 11.9. The molecule has 0 bridgehead atoms. The molecule has 19 heavy (non-hydrogen) atoms. The van der Waals surface area contributed by atoms with Gasteiger partial charge in [-0.15, -0.1) is 0 Å². The summed E-state index contributed by atoms with van der Waals surface area (Å²) in [4.78, 5) is 14.2. The van der Waals surface area contributed by atoms with Gasteiger partial charge in [-0.3, -0.25) is 4.79 Å². The van der Waals surface area contributed by atoms with Crippen LogP contribution in [0, 0.1) is 0 Å². The van der Waals surface area contributed by atoms with Crippen LogP contribution in [0.15, 0.2) is 18.2 Å². The Kier molecular flexibility index (Phi) is 6.12. The van der Waals surface area contributed by atoms with Gasteiger partial charge in [0.25, 0.3) is 5.91 Å². The van der Waals surface area contributed by atoms with Crippen LogP contribution in [0.25, 0.3) is 0 Å².